The van der Waals surface area contributed by atoms with Crippen molar-refractivity contribution in [3.05, 3.63) is 63.6 Å². The molecule has 2 amide bonds. The summed E-state index contributed by atoms with van der Waals surface area (Å²) in [6.07, 6.45) is 0.975. The fraction of sp³-hybridized carbons (Fsp3) is 0.400. The van der Waals surface area contributed by atoms with Gasteiger partial charge in [0.25, 0.3) is 0 Å². The van der Waals surface area contributed by atoms with E-state index in [4.69, 9.17) is 23.2 Å². The Balaban J connectivity index is 2.43. The van der Waals surface area contributed by atoms with Gasteiger partial charge in [0, 0.05) is 18.7 Å². The van der Waals surface area contributed by atoms with Crippen molar-refractivity contribution in [3.8, 4) is 0 Å². The third kappa shape index (κ3) is 8.21. The van der Waals surface area contributed by atoms with Gasteiger partial charge >= 0.3 is 0 Å². The molecule has 0 aliphatic rings. The second kappa shape index (κ2) is 12.6. The van der Waals surface area contributed by atoms with E-state index < -0.39 is 28.5 Å². The molecule has 0 bridgehead atoms. The van der Waals surface area contributed by atoms with Gasteiger partial charge in [0.15, 0.2) is 5.78 Å². The molecule has 1 N–H and O–H groups in total. The van der Waals surface area contributed by atoms with E-state index in [0.717, 1.165) is 10.6 Å². The maximum atomic E-state index is 13.5. The van der Waals surface area contributed by atoms with Crippen LogP contribution in [-0.4, -0.2) is 56.3 Å². The number of hydrogen-bond donors (Lipinski definition) is 1. The fourth-order valence-corrected chi connectivity index (χ4v) is 4.53. The zero-order valence-electron chi connectivity index (χ0n) is 20.9. The minimum absolute atomic E-state index is 0.00290. The lowest BCUT2D eigenvalue weighted by Gasteiger charge is -2.31. The van der Waals surface area contributed by atoms with E-state index in [9.17, 15) is 22.8 Å². The Labute approximate surface area is 222 Å². The van der Waals surface area contributed by atoms with Crippen molar-refractivity contribution in [2.45, 2.75) is 40.3 Å². The predicted octanol–water partition coefficient (Wildman–Crippen LogP) is 4.15. The molecule has 8 nitrogen and oxygen atoms in total. The summed E-state index contributed by atoms with van der Waals surface area (Å²) in [6.45, 7) is 6.69. The molecule has 2 rings (SSSR count). The molecule has 0 aromatic heterocycles. The number of Topliss-reactive ketones (excluding diaryl/α,β-unsaturated/α-hetero) is 1. The predicted molar refractivity (Wildman–Crippen MR) is 143 cm³/mol. The zero-order chi connectivity index (χ0) is 27.2. The van der Waals surface area contributed by atoms with Gasteiger partial charge in [-0.2, -0.15) is 0 Å². The van der Waals surface area contributed by atoms with Crippen molar-refractivity contribution in [2.24, 2.45) is 5.92 Å². The molecule has 196 valence electrons. The number of anilines is 1. The van der Waals surface area contributed by atoms with Crippen LogP contribution in [0.5, 0.6) is 0 Å². The highest BCUT2D eigenvalue weighted by Crippen LogP contribution is 2.25. The van der Waals surface area contributed by atoms with Gasteiger partial charge in [0.1, 0.15) is 12.6 Å². The second-order valence-corrected chi connectivity index (χ2v) is 11.7. The first-order chi connectivity index (χ1) is 16.7. The summed E-state index contributed by atoms with van der Waals surface area (Å²) >= 11 is 12.1. The van der Waals surface area contributed by atoms with Crippen molar-refractivity contribution in [1.82, 2.24) is 10.2 Å². The van der Waals surface area contributed by atoms with E-state index >= 15 is 0 Å². The standard InChI is InChI=1S/C25H31Cl2N3O5S/c1-16(2)13-28-25(33)17(3)29(14-19-9-10-22(26)23(27)11-19)24(32)15-30(36(5,34)35)21-8-6-7-20(12-21)18(4)31/h6-12,16-17H,13-15H2,1-5H3,(H,28,33)/t17-/m1/s1. The molecule has 0 heterocycles. The third-order valence-corrected chi connectivity index (χ3v) is 7.29. The summed E-state index contributed by atoms with van der Waals surface area (Å²) in [5.74, 6) is -1.02. The molecular formula is C25H31Cl2N3O5S. The lowest BCUT2D eigenvalue weighted by Crippen LogP contribution is -2.51. The van der Waals surface area contributed by atoms with Gasteiger partial charge in [0.05, 0.1) is 22.0 Å². The van der Waals surface area contributed by atoms with Crippen LogP contribution in [0.25, 0.3) is 0 Å². The maximum absolute atomic E-state index is 13.5. The first kappa shape index (κ1) is 29.6. The molecule has 2 aromatic rings. The molecule has 0 saturated carbocycles. The SMILES string of the molecule is CC(=O)c1cccc(N(CC(=O)N(Cc2ccc(Cl)c(Cl)c2)[C@H](C)C(=O)NCC(C)C)S(C)(=O)=O)c1. The molecular weight excluding hydrogens is 525 g/mol. The van der Waals surface area contributed by atoms with Crippen molar-refractivity contribution in [3.63, 3.8) is 0 Å². The highest BCUT2D eigenvalue weighted by molar-refractivity contribution is 7.92. The van der Waals surface area contributed by atoms with Crippen LogP contribution in [0.15, 0.2) is 42.5 Å². The molecule has 0 spiro atoms. The number of benzene rings is 2. The number of rotatable bonds is 11. The van der Waals surface area contributed by atoms with Crippen LogP contribution in [0.4, 0.5) is 5.69 Å². The van der Waals surface area contributed by atoms with Crippen LogP contribution in [-0.2, 0) is 26.2 Å². The summed E-state index contributed by atoms with van der Waals surface area (Å²) in [6, 6.07) is 9.97. The van der Waals surface area contributed by atoms with Gasteiger partial charge in [-0.25, -0.2) is 8.42 Å². The van der Waals surface area contributed by atoms with E-state index in [0.29, 0.717) is 22.7 Å². The van der Waals surface area contributed by atoms with Crippen LogP contribution in [0.1, 0.15) is 43.6 Å². The topological polar surface area (TPSA) is 104 Å². The minimum Gasteiger partial charge on any atom is -0.354 e. The lowest BCUT2D eigenvalue weighted by molar-refractivity contribution is -0.139. The molecule has 1 atom stereocenters. The molecule has 0 aliphatic heterocycles. The highest BCUT2D eigenvalue weighted by Gasteiger charge is 2.30. The summed E-state index contributed by atoms with van der Waals surface area (Å²) < 4.78 is 26.2. The fourth-order valence-electron chi connectivity index (χ4n) is 3.36. The second-order valence-electron chi connectivity index (χ2n) is 8.96. The Morgan fingerprint density at radius 1 is 1.00 bits per heavy atom. The summed E-state index contributed by atoms with van der Waals surface area (Å²) in [5, 5.41) is 3.44. The van der Waals surface area contributed by atoms with Crippen LogP contribution in [0.2, 0.25) is 10.0 Å². The molecule has 11 heteroatoms. The molecule has 0 fully saturated rings. The highest BCUT2D eigenvalue weighted by atomic mass is 35.5. The average Bonchev–Trinajstić information content (AvgIpc) is 2.80. The molecule has 0 unspecified atom stereocenters. The van der Waals surface area contributed by atoms with Crippen LogP contribution < -0.4 is 9.62 Å². The van der Waals surface area contributed by atoms with Crippen molar-refractivity contribution >= 4 is 56.5 Å². The Morgan fingerprint density at radius 3 is 2.22 bits per heavy atom. The Kier molecular flexibility index (Phi) is 10.3. The normalized spacial score (nSPS) is 12.2. The van der Waals surface area contributed by atoms with Crippen LogP contribution in [0.3, 0.4) is 0 Å². The molecule has 2 aromatic carbocycles. The van der Waals surface area contributed by atoms with E-state index in [1.54, 1.807) is 37.3 Å². The van der Waals surface area contributed by atoms with Gasteiger partial charge in [0.2, 0.25) is 21.8 Å². The summed E-state index contributed by atoms with van der Waals surface area (Å²) in [5.41, 5.74) is 1.10. The number of hydrogen-bond acceptors (Lipinski definition) is 5. The minimum atomic E-state index is -3.91. The lowest BCUT2D eigenvalue weighted by atomic mass is 10.1. The zero-order valence-corrected chi connectivity index (χ0v) is 23.2. The summed E-state index contributed by atoms with van der Waals surface area (Å²) in [4.78, 5) is 39.5. The average molecular weight is 557 g/mol. The van der Waals surface area contributed by atoms with Crippen molar-refractivity contribution < 1.29 is 22.8 Å². The number of nitrogens with zero attached hydrogens (tertiary/aromatic N) is 2. The smallest absolute Gasteiger partial charge is 0.244 e. The first-order valence-corrected chi connectivity index (χ1v) is 13.9. The van der Waals surface area contributed by atoms with Crippen LogP contribution >= 0.6 is 23.2 Å². The van der Waals surface area contributed by atoms with Gasteiger partial charge < -0.3 is 10.2 Å². The number of halogens is 2. The number of nitrogens with one attached hydrogen (secondary N) is 1. The number of amides is 2. The molecule has 0 saturated heterocycles. The van der Waals surface area contributed by atoms with E-state index in [1.807, 2.05) is 13.8 Å². The van der Waals surface area contributed by atoms with E-state index in [2.05, 4.69) is 5.32 Å². The molecule has 36 heavy (non-hydrogen) atoms. The summed E-state index contributed by atoms with van der Waals surface area (Å²) in [7, 11) is -3.91. The number of carbonyl (C=O) groups is 3. The third-order valence-electron chi connectivity index (χ3n) is 5.41. The largest absolute Gasteiger partial charge is 0.354 e. The van der Waals surface area contributed by atoms with E-state index in [-0.39, 0.29) is 34.9 Å². The maximum Gasteiger partial charge on any atom is 0.244 e. The number of ketones is 1. The van der Waals surface area contributed by atoms with Gasteiger partial charge in [-0.3, -0.25) is 18.7 Å². The van der Waals surface area contributed by atoms with Crippen molar-refractivity contribution in [2.75, 3.05) is 23.7 Å². The Hall–Kier alpha value is -2.62. The van der Waals surface area contributed by atoms with Gasteiger partial charge in [-0.15, -0.1) is 0 Å². The van der Waals surface area contributed by atoms with Gasteiger partial charge in [-0.05, 0) is 49.6 Å². The monoisotopic (exact) mass is 555 g/mol. The molecule has 0 radical (unpaired) electrons. The quantitative estimate of drug-likeness (QED) is 0.419. The van der Waals surface area contributed by atoms with Gasteiger partial charge in [-0.1, -0.05) is 55.2 Å². The molecule has 0 aliphatic carbocycles. The van der Waals surface area contributed by atoms with E-state index in [1.165, 1.54) is 24.0 Å². The first-order valence-electron chi connectivity index (χ1n) is 11.3. The van der Waals surface area contributed by atoms with Crippen LogP contribution in [0, 0.1) is 5.92 Å². The number of carbonyl (C=O) groups excluding carboxylic acids is 3. The number of sulfonamides is 1. The van der Waals surface area contributed by atoms with Crippen molar-refractivity contribution in [1.29, 1.82) is 0 Å². The Bertz CT molecular complexity index is 1230. The Morgan fingerprint density at radius 2 is 1.67 bits per heavy atom.